The predicted octanol–water partition coefficient (Wildman–Crippen LogP) is 3.05. The maximum absolute atomic E-state index is 11.2. The van der Waals surface area contributed by atoms with E-state index in [1.54, 1.807) is 6.08 Å². The molecule has 3 rings (SSSR count). The predicted molar refractivity (Wildman–Crippen MR) is 115 cm³/mol. The number of fused-ring (bicyclic) bond motifs is 1. The van der Waals surface area contributed by atoms with Gasteiger partial charge in [0.25, 0.3) is 0 Å². The van der Waals surface area contributed by atoms with Crippen LogP contribution in [0.15, 0.2) is 60.7 Å². The summed E-state index contributed by atoms with van der Waals surface area (Å²) in [5, 5.41) is 8.77. The van der Waals surface area contributed by atoms with Gasteiger partial charge in [-0.05, 0) is 46.7 Å². The normalized spacial score (nSPS) is 13.2. The molecular formula is C24H28N2O2. The lowest BCUT2D eigenvalue weighted by atomic mass is 10.0. The van der Waals surface area contributed by atoms with E-state index in [-0.39, 0.29) is 5.78 Å². The highest BCUT2D eigenvalue weighted by atomic mass is 16.3. The van der Waals surface area contributed by atoms with Crippen LogP contribution in [0.4, 0.5) is 0 Å². The van der Waals surface area contributed by atoms with Gasteiger partial charge in [0.05, 0.1) is 0 Å². The van der Waals surface area contributed by atoms with Crippen LogP contribution in [-0.2, 0) is 17.8 Å². The first kappa shape index (κ1) is 20.2. The monoisotopic (exact) mass is 376 g/mol. The van der Waals surface area contributed by atoms with Crippen LogP contribution < -0.4 is 5.73 Å². The first-order valence-electron chi connectivity index (χ1n) is 9.80. The van der Waals surface area contributed by atoms with Crippen LogP contribution >= 0.6 is 0 Å². The molecule has 0 fully saturated rings. The molecule has 0 spiro atoms. The van der Waals surface area contributed by atoms with Crippen molar-refractivity contribution >= 4 is 17.4 Å². The van der Waals surface area contributed by atoms with Crippen molar-refractivity contribution in [2.75, 3.05) is 26.2 Å². The Morgan fingerprint density at radius 1 is 1.11 bits per heavy atom. The van der Waals surface area contributed by atoms with E-state index in [4.69, 9.17) is 10.8 Å². The van der Waals surface area contributed by atoms with E-state index in [0.29, 0.717) is 6.54 Å². The van der Waals surface area contributed by atoms with Gasteiger partial charge >= 0.3 is 0 Å². The molecule has 4 nitrogen and oxygen atoms in total. The van der Waals surface area contributed by atoms with E-state index >= 15 is 0 Å². The first-order valence-corrected chi connectivity index (χ1v) is 9.80. The SMILES string of the molecule is NCCN(CCC1=CCc2ccccc21)Cc1ccc(/C=C/C(=O)CO)cc1. The van der Waals surface area contributed by atoms with Crippen molar-refractivity contribution in [3.8, 4) is 0 Å². The summed E-state index contributed by atoms with van der Waals surface area (Å²) in [4.78, 5) is 13.6. The average Bonchev–Trinajstić information content (AvgIpc) is 3.14. The molecule has 146 valence electrons. The Bertz CT molecular complexity index is 853. The summed E-state index contributed by atoms with van der Waals surface area (Å²) in [6.45, 7) is 2.88. The lowest BCUT2D eigenvalue weighted by Crippen LogP contribution is -2.30. The lowest BCUT2D eigenvalue weighted by Gasteiger charge is -2.22. The van der Waals surface area contributed by atoms with Crippen molar-refractivity contribution in [1.29, 1.82) is 0 Å². The Hall–Kier alpha value is -2.53. The zero-order valence-corrected chi connectivity index (χ0v) is 16.2. The zero-order valence-electron chi connectivity index (χ0n) is 16.2. The van der Waals surface area contributed by atoms with Gasteiger partial charge in [0.1, 0.15) is 6.61 Å². The number of benzene rings is 2. The lowest BCUT2D eigenvalue weighted by molar-refractivity contribution is -0.117. The van der Waals surface area contributed by atoms with Gasteiger partial charge in [-0.15, -0.1) is 0 Å². The minimum absolute atomic E-state index is 0.291. The van der Waals surface area contributed by atoms with Gasteiger partial charge in [-0.2, -0.15) is 0 Å². The molecule has 0 heterocycles. The molecule has 3 N–H and O–H groups in total. The average molecular weight is 377 g/mol. The number of rotatable bonds is 10. The molecule has 0 unspecified atom stereocenters. The fourth-order valence-electron chi connectivity index (χ4n) is 3.56. The van der Waals surface area contributed by atoms with Gasteiger partial charge < -0.3 is 10.8 Å². The summed E-state index contributed by atoms with van der Waals surface area (Å²) in [6, 6.07) is 16.8. The third-order valence-electron chi connectivity index (χ3n) is 5.08. The zero-order chi connectivity index (χ0) is 19.8. The highest BCUT2D eigenvalue weighted by molar-refractivity contribution is 5.94. The largest absolute Gasteiger partial charge is 0.388 e. The van der Waals surface area contributed by atoms with E-state index in [9.17, 15) is 4.79 Å². The number of hydrogen-bond acceptors (Lipinski definition) is 4. The minimum Gasteiger partial charge on any atom is -0.388 e. The van der Waals surface area contributed by atoms with E-state index in [1.807, 2.05) is 12.1 Å². The highest BCUT2D eigenvalue weighted by Crippen LogP contribution is 2.29. The van der Waals surface area contributed by atoms with Crippen LogP contribution in [0.25, 0.3) is 11.6 Å². The summed E-state index contributed by atoms with van der Waals surface area (Å²) in [5.74, 6) is -0.291. The summed E-state index contributed by atoms with van der Waals surface area (Å²) in [5.41, 5.74) is 12.3. The molecule has 2 aromatic rings. The second-order valence-electron chi connectivity index (χ2n) is 7.10. The standard InChI is InChI=1S/C24H28N2O2/c25-14-16-26(15-13-22-11-10-21-3-1-2-4-24(21)22)17-20-7-5-19(6-8-20)9-12-23(28)18-27/h1-9,11-12,27H,10,13-18,25H2/b12-9+. The van der Waals surface area contributed by atoms with Crippen molar-refractivity contribution in [3.63, 3.8) is 0 Å². The molecule has 0 aliphatic heterocycles. The van der Waals surface area contributed by atoms with Crippen LogP contribution in [0, 0.1) is 0 Å². The summed E-state index contributed by atoms with van der Waals surface area (Å²) in [7, 11) is 0. The molecule has 28 heavy (non-hydrogen) atoms. The fraction of sp³-hybridized carbons (Fsp3) is 0.292. The number of nitrogens with zero attached hydrogens (tertiary/aromatic N) is 1. The van der Waals surface area contributed by atoms with Crippen LogP contribution in [0.5, 0.6) is 0 Å². The molecule has 0 aromatic heterocycles. The Morgan fingerprint density at radius 3 is 2.64 bits per heavy atom. The molecule has 0 bridgehead atoms. The maximum Gasteiger partial charge on any atom is 0.181 e. The van der Waals surface area contributed by atoms with Gasteiger partial charge in [0, 0.05) is 26.2 Å². The van der Waals surface area contributed by atoms with Gasteiger partial charge in [-0.25, -0.2) is 0 Å². The number of carbonyl (C=O) groups excluding carboxylic acids is 1. The third kappa shape index (κ3) is 5.49. The van der Waals surface area contributed by atoms with Crippen LogP contribution in [0.3, 0.4) is 0 Å². The Morgan fingerprint density at radius 2 is 1.89 bits per heavy atom. The van der Waals surface area contributed by atoms with Crippen LogP contribution in [-0.4, -0.2) is 42.0 Å². The highest BCUT2D eigenvalue weighted by Gasteiger charge is 2.14. The second-order valence-corrected chi connectivity index (χ2v) is 7.10. The van der Waals surface area contributed by atoms with Gasteiger partial charge in [-0.1, -0.05) is 60.7 Å². The third-order valence-corrected chi connectivity index (χ3v) is 5.08. The van der Waals surface area contributed by atoms with E-state index in [1.165, 1.54) is 28.3 Å². The molecule has 0 saturated heterocycles. The first-order chi connectivity index (χ1) is 13.7. The molecule has 2 aromatic carbocycles. The van der Waals surface area contributed by atoms with E-state index in [0.717, 1.165) is 38.0 Å². The number of ketones is 1. The van der Waals surface area contributed by atoms with Crippen molar-refractivity contribution in [1.82, 2.24) is 4.90 Å². The molecular weight excluding hydrogens is 348 g/mol. The Balaban J connectivity index is 1.57. The number of aliphatic hydroxyl groups excluding tert-OH is 1. The number of hydrogen-bond donors (Lipinski definition) is 2. The summed E-state index contributed by atoms with van der Waals surface area (Å²) in [6.07, 6.45) is 7.55. The Kier molecular flexibility index (Phi) is 7.31. The minimum atomic E-state index is -0.455. The van der Waals surface area contributed by atoms with Crippen molar-refractivity contribution in [2.24, 2.45) is 5.73 Å². The quantitative estimate of drug-likeness (QED) is 0.626. The molecule has 4 heteroatoms. The van der Waals surface area contributed by atoms with Crippen molar-refractivity contribution < 1.29 is 9.90 Å². The van der Waals surface area contributed by atoms with Crippen LogP contribution in [0.1, 0.15) is 28.7 Å². The fourth-order valence-corrected chi connectivity index (χ4v) is 3.56. The molecule has 0 amide bonds. The van der Waals surface area contributed by atoms with Gasteiger partial charge in [0.15, 0.2) is 5.78 Å². The topological polar surface area (TPSA) is 66.6 Å². The van der Waals surface area contributed by atoms with E-state index < -0.39 is 6.61 Å². The second kappa shape index (κ2) is 10.1. The number of allylic oxidation sites excluding steroid dienone is 1. The number of nitrogens with two attached hydrogens (primary N) is 1. The summed E-state index contributed by atoms with van der Waals surface area (Å²) >= 11 is 0. The van der Waals surface area contributed by atoms with Gasteiger partial charge in [-0.3, -0.25) is 9.69 Å². The molecule has 0 atom stereocenters. The molecule has 1 aliphatic carbocycles. The number of aliphatic hydroxyl groups is 1. The van der Waals surface area contributed by atoms with Crippen molar-refractivity contribution in [2.45, 2.75) is 19.4 Å². The van der Waals surface area contributed by atoms with E-state index in [2.05, 4.69) is 47.4 Å². The summed E-state index contributed by atoms with van der Waals surface area (Å²) < 4.78 is 0. The molecule has 0 radical (unpaired) electrons. The van der Waals surface area contributed by atoms with Crippen molar-refractivity contribution in [3.05, 3.63) is 82.9 Å². The Labute approximate surface area is 167 Å². The molecule has 0 saturated carbocycles. The number of carbonyl (C=O) groups is 1. The van der Waals surface area contributed by atoms with Gasteiger partial charge in [0.2, 0.25) is 0 Å². The molecule has 1 aliphatic rings. The van der Waals surface area contributed by atoms with Crippen LogP contribution in [0.2, 0.25) is 0 Å². The smallest absolute Gasteiger partial charge is 0.181 e. The maximum atomic E-state index is 11.2.